The number of hydrogen-bond acceptors (Lipinski definition) is 4. The third-order valence-corrected chi connectivity index (χ3v) is 1.01. The van der Waals surface area contributed by atoms with Gasteiger partial charge in [-0.1, -0.05) is 0 Å². The molecule has 1 aliphatic heterocycles. The number of carbonyl (C=O) groups is 3. The minimum atomic E-state index is -1.56. The zero-order chi connectivity index (χ0) is 8.43. The molecule has 12 heavy (non-hydrogen) atoms. The van der Waals surface area contributed by atoms with Gasteiger partial charge >= 0.3 is 63.4 Å². The van der Waals surface area contributed by atoms with Gasteiger partial charge in [0.2, 0.25) is 0 Å². The van der Waals surface area contributed by atoms with Crippen LogP contribution < -0.4 is 72.4 Å². The molecule has 0 bridgehead atoms. The van der Waals surface area contributed by atoms with E-state index in [0.29, 0.717) is 0 Å². The zero-order valence-corrected chi connectivity index (χ0v) is 9.33. The van der Waals surface area contributed by atoms with Crippen LogP contribution in [-0.4, -0.2) is 24.2 Å². The molecule has 0 spiro atoms. The van der Waals surface area contributed by atoms with Crippen LogP contribution in [0.1, 0.15) is 0 Å². The Balaban J connectivity index is 0.00000121. The van der Waals surface area contributed by atoms with Crippen molar-refractivity contribution in [3.8, 4) is 0 Å². The van der Waals surface area contributed by atoms with Crippen molar-refractivity contribution in [2.75, 3.05) is 0 Å². The van der Waals surface area contributed by atoms with Gasteiger partial charge < -0.3 is 20.5 Å². The maximum absolute atomic E-state index is 10.4. The number of imide groups is 1. The van der Waals surface area contributed by atoms with E-state index >= 15 is 0 Å². The quantitative estimate of drug-likeness (QED) is 0.363. The van der Waals surface area contributed by atoms with E-state index in [1.165, 1.54) is 0 Å². The smallest absolute Gasteiger partial charge is 0.546 e. The number of urea groups is 2. The van der Waals surface area contributed by atoms with Crippen molar-refractivity contribution in [3.05, 3.63) is 0 Å². The van der Waals surface area contributed by atoms with E-state index in [2.05, 4.69) is 0 Å². The molecule has 3 N–H and O–H groups in total. The fraction of sp³-hybridized carbons (Fsp3) is 0.250. The number of aliphatic carboxylic acids is 1. The predicted octanol–water partition coefficient (Wildman–Crippen LogP) is -5.91. The van der Waals surface area contributed by atoms with Crippen molar-refractivity contribution >= 4 is 18.0 Å². The van der Waals surface area contributed by atoms with E-state index in [0.717, 1.165) is 0 Å². The standard InChI is InChI=1S/C4H5N3O4.K/c8-2(9)1-5-3(10)7-4(11)6-1;/h1H,(H,8,9)(H3,5,6,7,10,11);/q;+1/p-1. The van der Waals surface area contributed by atoms with Gasteiger partial charge in [-0.3, -0.25) is 5.32 Å². The van der Waals surface area contributed by atoms with Crippen LogP contribution in [0.2, 0.25) is 0 Å². The van der Waals surface area contributed by atoms with Gasteiger partial charge in [-0.05, 0) is 0 Å². The second-order valence-corrected chi connectivity index (χ2v) is 1.82. The summed E-state index contributed by atoms with van der Waals surface area (Å²) in [7, 11) is 0. The molecule has 0 aromatic heterocycles. The molecular weight excluding hydrogens is 193 g/mol. The molecule has 8 heteroatoms. The van der Waals surface area contributed by atoms with E-state index in [4.69, 9.17) is 0 Å². The summed E-state index contributed by atoms with van der Waals surface area (Å²) < 4.78 is 0. The number of carbonyl (C=O) groups excluding carboxylic acids is 3. The van der Waals surface area contributed by atoms with Gasteiger partial charge in [-0.2, -0.15) is 0 Å². The molecule has 0 saturated carbocycles. The van der Waals surface area contributed by atoms with Gasteiger partial charge in [0.05, 0.1) is 5.97 Å². The molecule has 0 unspecified atom stereocenters. The molecule has 0 aromatic carbocycles. The fourth-order valence-electron chi connectivity index (χ4n) is 0.591. The number of amides is 4. The van der Waals surface area contributed by atoms with E-state index in [-0.39, 0.29) is 51.4 Å². The van der Waals surface area contributed by atoms with Crippen LogP contribution in [0.15, 0.2) is 0 Å². The number of carboxylic acid groups (broad SMARTS) is 1. The van der Waals surface area contributed by atoms with E-state index in [1.54, 1.807) is 5.32 Å². The van der Waals surface area contributed by atoms with Crippen LogP contribution in [0.25, 0.3) is 0 Å². The Kier molecular flexibility index (Phi) is 4.71. The molecule has 0 radical (unpaired) electrons. The molecule has 7 nitrogen and oxygen atoms in total. The Labute approximate surface area is 110 Å². The minimum absolute atomic E-state index is 0. The summed E-state index contributed by atoms with van der Waals surface area (Å²) in [5.41, 5.74) is 0. The average Bonchev–Trinajstić information content (AvgIpc) is 1.85. The molecular formula is C4H4KN3O4. The number of carboxylic acids is 1. The zero-order valence-electron chi connectivity index (χ0n) is 6.21. The molecule has 60 valence electrons. The number of rotatable bonds is 1. The fourth-order valence-corrected chi connectivity index (χ4v) is 0.591. The SMILES string of the molecule is O=C1NC(=O)NC(C(=O)[O-])N1.[K+]. The summed E-state index contributed by atoms with van der Waals surface area (Å²) >= 11 is 0. The number of nitrogens with one attached hydrogen (secondary N) is 3. The second kappa shape index (κ2) is 4.77. The molecule has 4 amide bonds. The summed E-state index contributed by atoms with van der Waals surface area (Å²) in [4.78, 5) is 30.9. The van der Waals surface area contributed by atoms with Crippen LogP contribution >= 0.6 is 0 Å². The molecule has 0 atom stereocenters. The van der Waals surface area contributed by atoms with Gasteiger partial charge in [-0.25, -0.2) is 9.59 Å². The first-order valence-electron chi connectivity index (χ1n) is 2.68. The maximum Gasteiger partial charge on any atom is 1.00 e. The van der Waals surface area contributed by atoms with Crippen molar-refractivity contribution < 1.29 is 70.9 Å². The molecule has 0 aliphatic carbocycles. The van der Waals surface area contributed by atoms with Crippen molar-refractivity contribution in [2.24, 2.45) is 0 Å². The van der Waals surface area contributed by atoms with Crippen LogP contribution in [0.5, 0.6) is 0 Å². The van der Waals surface area contributed by atoms with Crippen LogP contribution in [0.4, 0.5) is 9.59 Å². The largest absolute Gasteiger partial charge is 1.00 e. The minimum Gasteiger partial charge on any atom is -0.546 e. The molecule has 1 saturated heterocycles. The summed E-state index contributed by atoms with van der Waals surface area (Å²) in [5, 5.41) is 15.7. The summed E-state index contributed by atoms with van der Waals surface area (Å²) in [6.07, 6.45) is -1.45. The van der Waals surface area contributed by atoms with E-state index in [1.807, 2.05) is 10.6 Å². The second-order valence-electron chi connectivity index (χ2n) is 1.82. The van der Waals surface area contributed by atoms with E-state index < -0.39 is 24.2 Å². The topological polar surface area (TPSA) is 110 Å². The Hall–Kier alpha value is -0.154. The van der Waals surface area contributed by atoms with Gasteiger partial charge in [0.1, 0.15) is 6.17 Å². The summed E-state index contributed by atoms with van der Waals surface area (Å²) in [5.74, 6) is -1.56. The normalized spacial score (nSPS) is 16.7. The van der Waals surface area contributed by atoms with Crippen molar-refractivity contribution in [1.29, 1.82) is 0 Å². The Morgan fingerprint density at radius 1 is 1.25 bits per heavy atom. The molecule has 1 aliphatic rings. The predicted molar refractivity (Wildman–Crippen MR) is 29.0 cm³/mol. The Morgan fingerprint density at radius 2 is 1.67 bits per heavy atom. The summed E-state index contributed by atoms with van der Waals surface area (Å²) in [6, 6.07) is -1.72. The van der Waals surface area contributed by atoms with Crippen LogP contribution in [0, 0.1) is 0 Å². The first-order valence-corrected chi connectivity index (χ1v) is 2.68. The van der Waals surface area contributed by atoms with Crippen molar-refractivity contribution in [2.45, 2.75) is 6.17 Å². The van der Waals surface area contributed by atoms with Crippen molar-refractivity contribution in [3.63, 3.8) is 0 Å². The van der Waals surface area contributed by atoms with Gasteiger partial charge in [0.15, 0.2) is 0 Å². The third-order valence-electron chi connectivity index (χ3n) is 1.01. The molecule has 1 fully saturated rings. The number of hydrogen-bond donors (Lipinski definition) is 3. The van der Waals surface area contributed by atoms with Gasteiger partial charge in [0.25, 0.3) is 0 Å². The molecule has 1 rings (SSSR count). The first-order chi connectivity index (χ1) is 5.09. The average molecular weight is 197 g/mol. The molecule has 1 heterocycles. The Morgan fingerprint density at radius 3 is 2.00 bits per heavy atom. The van der Waals surface area contributed by atoms with Crippen molar-refractivity contribution in [1.82, 2.24) is 16.0 Å². The van der Waals surface area contributed by atoms with Gasteiger partial charge in [0, 0.05) is 0 Å². The first kappa shape index (κ1) is 11.8. The molecule has 0 aromatic rings. The van der Waals surface area contributed by atoms with Gasteiger partial charge in [-0.15, -0.1) is 0 Å². The maximum atomic E-state index is 10.4. The Bertz CT molecular complexity index is 214. The van der Waals surface area contributed by atoms with E-state index in [9.17, 15) is 19.5 Å². The third kappa shape index (κ3) is 3.07. The van der Waals surface area contributed by atoms with Crippen LogP contribution in [-0.2, 0) is 4.79 Å². The monoisotopic (exact) mass is 197 g/mol. The van der Waals surface area contributed by atoms with Crippen LogP contribution in [0.3, 0.4) is 0 Å². The summed E-state index contributed by atoms with van der Waals surface area (Å²) in [6.45, 7) is 0.